The Kier molecular flexibility index (Phi) is 9.58. The zero-order chi connectivity index (χ0) is 27.7. The minimum atomic E-state index is -0.0400. The molecule has 6 nitrogen and oxygen atoms in total. The number of hydrogen-bond acceptors (Lipinski definition) is 6. The number of aromatic nitrogens is 2. The van der Waals surface area contributed by atoms with Gasteiger partial charge in [0.2, 0.25) is 5.91 Å². The first-order valence-electron chi connectivity index (χ1n) is 13.7. The average molecular weight is 572 g/mol. The number of aryl methyl sites for hydroxylation is 1. The molecule has 1 N–H and O–H groups in total. The molecule has 0 spiro atoms. The second kappa shape index (κ2) is 13.7. The van der Waals surface area contributed by atoms with E-state index in [0.717, 1.165) is 38.4 Å². The number of rotatable bonds is 10. The number of anilines is 2. The van der Waals surface area contributed by atoms with E-state index in [1.54, 1.807) is 0 Å². The second-order valence-electron chi connectivity index (χ2n) is 9.89. The van der Waals surface area contributed by atoms with Crippen LogP contribution in [0.3, 0.4) is 0 Å². The molecule has 5 rings (SSSR count). The van der Waals surface area contributed by atoms with E-state index in [2.05, 4.69) is 99.8 Å². The van der Waals surface area contributed by atoms with Gasteiger partial charge in [-0.25, -0.2) is 9.97 Å². The summed E-state index contributed by atoms with van der Waals surface area (Å²) in [5.74, 6) is 1.23. The fourth-order valence-corrected chi connectivity index (χ4v) is 6.05. The Morgan fingerprint density at radius 1 is 0.875 bits per heavy atom. The van der Waals surface area contributed by atoms with Gasteiger partial charge in [0, 0.05) is 50.4 Å². The van der Waals surface area contributed by atoms with Gasteiger partial charge in [-0.3, -0.25) is 4.79 Å². The van der Waals surface area contributed by atoms with E-state index in [4.69, 9.17) is 16.6 Å². The van der Waals surface area contributed by atoms with E-state index in [1.807, 2.05) is 18.2 Å². The molecule has 0 radical (unpaired) electrons. The van der Waals surface area contributed by atoms with Crippen LogP contribution in [0, 0.1) is 6.92 Å². The van der Waals surface area contributed by atoms with Crippen molar-refractivity contribution >= 4 is 40.8 Å². The molecule has 1 aliphatic heterocycles. The molecule has 1 fully saturated rings. The van der Waals surface area contributed by atoms with Gasteiger partial charge in [0.15, 0.2) is 5.16 Å². The number of carbonyl (C=O) groups is 1. The van der Waals surface area contributed by atoms with Gasteiger partial charge >= 0.3 is 0 Å². The van der Waals surface area contributed by atoms with Crippen LogP contribution in [0.5, 0.6) is 0 Å². The third kappa shape index (κ3) is 7.34. The molecule has 206 valence electrons. The topological polar surface area (TPSA) is 61.4 Å². The predicted octanol–water partition coefficient (Wildman–Crippen LogP) is 6.20. The van der Waals surface area contributed by atoms with Crippen molar-refractivity contribution in [2.24, 2.45) is 0 Å². The second-order valence-corrected chi connectivity index (χ2v) is 11.2. The van der Waals surface area contributed by atoms with Gasteiger partial charge < -0.3 is 15.1 Å². The van der Waals surface area contributed by atoms with Gasteiger partial charge in [0.05, 0.1) is 5.75 Å². The maximum absolute atomic E-state index is 12.7. The standard InChI is InChI=1S/C32H34ClN5OS/c1-24-10-8-9-15-28(24)37-18-20-38(21-19-37)30-22-29(33)35-32(36-30)40-23-31(39)34-17-16-27(25-11-4-2-5-12-25)26-13-6-3-7-14-26/h2-15,22,27H,16-21,23H2,1H3,(H,34,39). The van der Waals surface area contributed by atoms with Crippen molar-refractivity contribution in [3.63, 3.8) is 0 Å². The molecule has 1 amide bonds. The molecule has 0 bridgehead atoms. The van der Waals surface area contributed by atoms with Crippen molar-refractivity contribution in [2.75, 3.05) is 48.3 Å². The summed E-state index contributed by atoms with van der Waals surface area (Å²) < 4.78 is 0. The largest absolute Gasteiger partial charge is 0.368 e. The molecule has 0 aliphatic carbocycles. The minimum absolute atomic E-state index is 0.0400. The van der Waals surface area contributed by atoms with Crippen molar-refractivity contribution in [2.45, 2.75) is 24.4 Å². The van der Waals surface area contributed by atoms with Gasteiger partial charge in [0.1, 0.15) is 11.0 Å². The van der Waals surface area contributed by atoms with Crippen LogP contribution in [-0.2, 0) is 4.79 Å². The Morgan fingerprint density at radius 3 is 2.12 bits per heavy atom. The maximum Gasteiger partial charge on any atom is 0.230 e. The number of amides is 1. The third-order valence-corrected chi connectivity index (χ3v) is 8.25. The monoisotopic (exact) mass is 571 g/mol. The molecule has 1 aromatic heterocycles. The molecule has 0 atom stereocenters. The summed E-state index contributed by atoms with van der Waals surface area (Å²) in [5.41, 5.74) is 5.06. The molecule has 4 aromatic rings. The lowest BCUT2D eigenvalue weighted by Crippen LogP contribution is -2.47. The number of piperazine rings is 1. The van der Waals surface area contributed by atoms with Crippen LogP contribution in [0.1, 0.15) is 29.0 Å². The predicted molar refractivity (Wildman–Crippen MR) is 166 cm³/mol. The number of carbonyl (C=O) groups excluding carboxylic acids is 1. The van der Waals surface area contributed by atoms with Crippen LogP contribution >= 0.6 is 23.4 Å². The number of benzene rings is 3. The zero-order valence-corrected chi connectivity index (χ0v) is 24.2. The molecule has 3 aromatic carbocycles. The number of nitrogens with zero attached hydrogens (tertiary/aromatic N) is 4. The Morgan fingerprint density at radius 2 is 1.48 bits per heavy atom. The highest BCUT2D eigenvalue weighted by Crippen LogP contribution is 2.28. The Balaban J connectivity index is 1.13. The average Bonchev–Trinajstić information content (AvgIpc) is 2.99. The zero-order valence-electron chi connectivity index (χ0n) is 22.7. The van der Waals surface area contributed by atoms with Gasteiger partial charge in [0.25, 0.3) is 0 Å². The first-order chi connectivity index (χ1) is 19.6. The van der Waals surface area contributed by atoms with Gasteiger partial charge in [-0.2, -0.15) is 0 Å². The smallest absolute Gasteiger partial charge is 0.230 e. The molecule has 1 saturated heterocycles. The van der Waals surface area contributed by atoms with E-state index in [0.29, 0.717) is 16.9 Å². The summed E-state index contributed by atoms with van der Waals surface area (Å²) in [6, 6.07) is 31.2. The Labute approximate surface area is 245 Å². The van der Waals surface area contributed by atoms with Crippen LogP contribution in [0.25, 0.3) is 0 Å². The van der Waals surface area contributed by atoms with Crippen LogP contribution in [0.4, 0.5) is 11.5 Å². The molecule has 1 aliphatic rings. The van der Waals surface area contributed by atoms with Crippen LogP contribution in [0.2, 0.25) is 5.15 Å². The van der Waals surface area contributed by atoms with E-state index in [9.17, 15) is 4.79 Å². The van der Waals surface area contributed by atoms with Crippen LogP contribution in [-0.4, -0.2) is 54.4 Å². The number of nitrogens with one attached hydrogen (secondary N) is 1. The van der Waals surface area contributed by atoms with Gasteiger partial charge in [-0.1, -0.05) is 102 Å². The van der Waals surface area contributed by atoms with Gasteiger partial charge in [-0.15, -0.1) is 0 Å². The number of para-hydroxylation sites is 1. The molecule has 40 heavy (non-hydrogen) atoms. The quantitative estimate of drug-likeness (QED) is 0.139. The summed E-state index contributed by atoms with van der Waals surface area (Å²) in [6.45, 7) is 6.23. The van der Waals surface area contributed by atoms with Gasteiger partial charge in [-0.05, 0) is 36.1 Å². The third-order valence-electron chi connectivity index (χ3n) is 7.21. The Hall–Kier alpha value is -3.55. The lowest BCUT2D eigenvalue weighted by molar-refractivity contribution is -0.118. The highest BCUT2D eigenvalue weighted by molar-refractivity contribution is 7.99. The highest BCUT2D eigenvalue weighted by atomic mass is 35.5. The van der Waals surface area contributed by atoms with E-state index >= 15 is 0 Å². The van der Waals surface area contributed by atoms with E-state index < -0.39 is 0 Å². The summed E-state index contributed by atoms with van der Waals surface area (Å²) in [4.78, 5) is 26.4. The Bertz CT molecular complexity index is 1360. The summed E-state index contributed by atoms with van der Waals surface area (Å²) in [5, 5.41) is 3.99. The SMILES string of the molecule is Cc1ccccc1N1CCN(c2cc(Cl)nc(SCC(=O)NCCC(c3ccccc3)c3ccccc3)n2)CC1. The minimum Gasteiger partial charge on any atom is -0.368 e. The first-order valence-corrected chi connectivity index (χ1v) is 15.0. The van der Waals surface area contributed by atoms with Crippen molar-refractivity contribution in [3.8, 4) is 0 Å². The van der Waals surface area contributed by atoms with Crippen molar-refractivity contribution in [1.29, 1.82) is 0 Å². The van der Waals surface area contributed by atoms with Crippen molar-refractivity contribution in [1.82, 2.24) is 15.3 Å². The fraction of sp³-hybridized carbons (Fsp3) is 0.281. The molecular weight excluding hydrogens is 538 g/mol. The normalized spacial score (nSPS) is 13.5. The maximum atomic E-state index is 12.7. The summed E-state index contributed by atoms with van der Waals surface area (Å²) >= 11 is 7.68. The molecule has 0 saturated carbocycles. The van der Waals surface area contributed by atoms with Crippen molar-refractivity contribution < 1.29 is 4.79 Å². The van der Waals surface area contributed by atoms with E-state index in [1.165, 1.54) is 34.1 Å². The molecular formula is C32H34ClN5OS. The highest BCUT2D eigenvalue weighted by Gasteiger charge is 2.21. The lowest BCUT2D eigenvalue weighted by atomic mass is 9.88. The first kappa shape index (κ1) is 28.0. The molecule has 0 unspecified atom stereocenters. The number of thioether (sulfide) groups is 1. The van der Waals surface area contributed by atoms with Crippen LogP contribution < -0.4 is 15.1 Å². The lowest BCUT2D eigenvalue weighted by Gasteiger charge is -2.37. The summed E-state index contributed by atoms with van der Waals surface area (Å²) in [7, 11) is 0. The molecule has 2 heterocycles. The fourth-order valence-electron chi connectivity index (χ4n) is 5.14. The number of halogens is 1. The van der Waals surface area contributed by atoms with Crippen LogP contribution in [0.15, 0.2) is 96.2 Å². The van der Waals surface area contributed by atoms with E-state index in [-0.39, 0.29) is 17.6 Å². The number of hydrogen-bond donors (Lipinski definition) is 1. The van der Waals surface area contributed by atoms with Crippen molar-refractivity contribution in [3.05, 3.63) is 113 Å². The molecule has 8 heteroatoms. The summed E-state index contributed by atoms with van der Waals surface area (Å²) in [6.07, 6.45) is 0.816.